The van der Waals surface area contributed by atoms with E-state index in [-0.39, 0.29) is 5.56 Å². The summed E-state index contributed by atoms with van der Waals surface area (Å²) in [6.45, 7) is 0. The van der Waals surface area contributed by atoms with E-state index in [0.29, 0.717) is 5.69 Å². The van der Waals surface area contributed by atoms with Gasteiger partial charge in [0.1, 0.15) is 0 Å². The van der Waals surface area contributed by atoms with Crippen LogP contribution in [-0.4, -0.2) is 11.1 Å². The lowest BCUT2D eigenvalue weighted by Crippen LogP contribution is -1.98. The molecule has 0 saturated heterocycles. The van der Waals surface area contributed by atoms with Crippen molar-refractivity contribution >= 4 is 23.0 Å². The Kier molecular flexibility index (Phi) is 2.43. The number of anilines is 1. The molecule has 76 valence electrons. The summed E-state index contributed by atoms with van der Waals surface area (Å²) in [7, 11) is 0. The highest BCUT2D eigenvalue weighted by Crippen LogP contribution is 2.30. The first-order valence-electron chi connectivity index (χ1n) is 4.35. The summed E-state index contributed by atoms with van der Waals surface area (Å²) in [4.78, 5) is 11.8. The molecule has 0 amide bonds. The maximum absolute atomic E-state index is 10.8. The van der Waals surface area contributed by atoms with Gasteiger partial charge in [0.15, 0.2) is 0 Å². The van der Waals surface area contributed by atoms with Gasteiger partial charge in [0.2, 0.25) is 0 Å². The topological polar surface area (TPSA) is 63.3 Å². The predicted molar refractivity (Wildman–Crippen MR) is 61.1 cm³/mol. The van der Waals surface area contributed by atoms with Crippen molar-refractivity contribution in [3.05, 3.63) is 41.3 Å². The summed E-state index contributed by atoms with van der Waals surface area (Å²) in [5, 5.41) is 10.8. The molecule has 2 rings (SSSR count). The van der Waals surface area contributed by atoms with Crippen LogP contribution in [0.25, 0.3) is 10.4 Å². The molecular formula is C11H9NO2S. The highest BCUT2D eigenvalue weighted by molar-refractivity contribution is 7.13. The summed E-state index contributed by atoms with van der Waals surface area (Å²) < 4.78 is 0. The van der Waals surface area contributed by atoms with E-state index in [1.807, 2.05) is 17.5 Å². The van der Waals surface area contributed by atoms with E-state index < -0.39 is 5.97 Å². The number of benzene rings is 1. The first kappa shape index (κ1) is 9.73. The van der Waals surface area contributed by atoms with Gasteiger partial charge in [-0.15, -0.1) is 11.3 Å². The fraction of sp³-hybridized carbons (Fsp3) is 0. The van der Waals surface area contributed by atoms with Gasteiger partial charge in [-0.05, 0) is 29.6 Å². The lowest BCUT2D eigenvalue weighted by atomic mass is 10.1. The van der Waals surface area contributed by atoms with Gasteiger partial charge in [0, 0.05) is 16.1 Å². The van der Waals surface area contributed by atoms with Crippen molar-refractivity contribution in [2.45, 2.75) is 0 Å². The third-order valence-corrected chi connectivity index (χ3v) is 2.99. The lowest BCUT2D eigenvalue weighted by Gasteiger charge is -2.04. The molecule has 4 heteroatoms. The Hall–Kier alpha value is -1.81. The van der Waals surface area contributed by atoms with E-state index in [0.717, 1.165) is 10.4 Å². The zero-order valence-corrected chi connectivity index (χ0v) is 8.62. The molecule has 3 N–H and O–H groups in total. The van der Waals surface area contributed by atoms with Crippen LogP contribution >= 0.6 is 11.3 Å². The molecule has 0 aliphatic heterocycles. The molecule has 0 radical (unpaired) electrons. The number of hydrogen-bond acceptors (Lipinski definition) is 3. The van der Waals surface area contributed by atoms with Gasteiger partial charge in [-0.3, -0.25) is 0 Å². The SMILES string of the molecule is Nc1ccc(C(=O)O)cc1-c1cccs1. The summed E-state index contributed by atoms with van der Waals surface area (Å²) in [6.07, 6.45) is 0. The fourth-order valence-corrected chi connectivity index (χ4v) is 2.10. The van der Waals surface area contributed by atoms with Crippen LogP contribution in [0.4, 0.5) is 5.69 Å². The van der Waals surface area contributed by atoms with Gasteiger partial charge in [0.05, 0.1) is 5.56 Å². The number of carboxylic acid groups (broad SMARTS) is 1. The maximum Gasteiger partial charge on any atom is 0.335 e. The van der Waals surface area contributed by atoms with Gasteiger partial charge >= 0.3 is 5.97 Å². The first-order chi connectivity index (χ1) is 7.18. The quantitative estimate of drug-likeness (QED) is 0.763. The number of rotatable bonds is 2. The molecule has 0 spiro atoms. The van der Waals surface area contributed by atoms with Crippen molar-refractivity contribution in [2.75, 3.05) is 5.73 Å². The zero-order valence-electron chi connectivity index (χ0n) is 7.81. The Morgan fingerprint density at radius 1 is 1.33 bits per heavy atom. The molecule has 0 unspecified atom stereocenters. The highest BCUT2D eigenvalue weighted by Gasteiger charge is 2.08. The Morgan fingerprint density at radius 3 is 2.73 bits per heavy atom. The molecule has 0 bridgehead atoms. The monoisotopic (exact) mass is 219 g/mol. The lowest BCUT2D eigenvalue weighted by molar-refractivity contribution is 0.0697. The van der Waals surface area contributed by atoms with E-state index in [1.54, 1.807) is 12.1 Å². The molecule has 0 atom stereocenters. The van der Waals surface area contributed by atoms with Crippen LogP contribution in [0.2, 0.25) is 0 Å². The van der Waals surface area contributed by atoms with Gasteiger partial charge < -0.3 is 10.8 Å². The summed E-state index contributed by atoms with van der Waals surface area (Å²) in [5.41, 5.74) is 7.43. The molecule has 0 saturated carbocycles. The molecule has 3 nitrogen and oxygen atoms in total. The largest absolute Gasteiger partial charge is 0.478 e. The normalized spacial score (nSPS) is 10.1. The summed E-state index contributed by atoms with van der Waals surface area (Å²) in [6, 6.07) is 8.56. The Balaban J connectivity index is 2.55. The van der Waals surface area contributed by atoms with Crippen molar-refractivity contribution in [3.8, 4) is 10.4 Å². The van der Waals surface area contributed by atoms with E-state index in [2.05, 4.69) is 0 Å². The molecule has 15 heavy (non-hydrogen) atoms. The average molecular weight is 219 g/mol. The van der Waals surface area contributed by atoms with Crippen molar-refractivity contribution in [1.29, 1.82) is 0 Å². The molecule has 0 aliphatic rings. The maximum atomic E-state index is 10.8. The van der Waals surface area contributed by atoms with E-state index in [4.69, 9.17) is 10.8 Å². The van der Waals surface area contributed by atoms with Crippen LogP contribution in [0.1, 0.15) is 10.4 Å². The molecule has 0 fully saturated rings. The van der Waals surface area contributed by atoms with E-state index in [1.165, 1.54) is 17.4 Å². The van der Waals surface area contributed by atoms with Crippen LogP contribution in [0, 0.1) is 0 Å². The van der Waals surface area contributed by atoms with E-state index in [9.17, 15) is 4.79 Å². The van der Waals surface area contributed by atoms with Crippen molar-refractivity contribution in [2.24, 2.45) is 0 Å². The number of aromatic carboxylic acids is 1. The van der Waals surface area contributed by atoms with Crippen molar-refractivity contribution in [1.82, 2.24) is 0 Å². The van der Waals surface area contributed by atoms with Crippen molar-refractivity contribution in [3.63, 3.8) is 0 Å². The van der Waals surface area contributed by atoms with E-state index >= 15 is 0 Å². The average Bonchev–Trinajstić information content (AvgIpc) is 2.71. The van der Waals surface area contributed by atoms with Crippen molar-refractivity contribution < 1.29 is 9.90 Å². The van der Waals surface area contributed by atoms with Crippen LogP contribution in [-0.2, 0) is 0 Å². The van der Waals surface area contributed by atoms with Crippen LogP contribution in [0.15, 0.2) is 35.7 Å². The predicted octanol–water partition coefficient (Wildman–Crippen LogP) is 2.70. The van der Waals surface area contributed by atoms with Crippen LogP contribution < -0.4 is 5.73 Å². The number of hydrogen-bond donors (Lipinski definition) is 2. The molecule has 1 aromatic heterocycles. The van der Waals surface area contributed by atoms with Gasteiger partial charge in [0.25, 0.3) is 0 Å². The van der Waals surface area contributed by atoms with Gasteiger partial charge in [-0.2, -0.15) is 0 Å². The molecule has 2 aromatic rings. The summed E-state index contributed by atoms with van der Waals surface area (Å²) >= 11 is 1.54. The number of carboxylic acids is 1. The molecular weight excluding hydrogens is 210 g/mol. The molecule has 1 heterocycles. The second-order valence-electron chi connectivity index (χ2n) is 3.08. The Labute approximate surface area is 90.8 Å². The molecule has 1 aromatic carbocycles. The third-order valence-electron chi connectivity index (χ3n) is 2.09. The molecule has 0 aliphatic carbocycles. The third kappa shape index (κ3) is 1.85. The number of nitrogen functional groups attached to an aromatic ring is 1. The first-order valence-corrected chi connectivity index (χ1v) is 5.23. The standard InChI is InChI=1S/C11H9NO2S/c12-9-4-3-7(11(13)14)6-8(9)10-2-1-5-15-10/h1-6H,12H2,(H,13,14). The minimum atomic E-state index is -0.937. The zero-order chi connectivity index (χ0) is 10.8. The Morgan fingerprint density at radius 2 is 2.13 bits per heavy atom. The number of nitrogens with two attached hydrogens (primary N) is 1. The number of carbonyl (C=O) groups is 1. The fourth-order valence-electron chi connectivity index (χ4n) is 1.33. The second kappa shape index (κ2) is 3.74. The minimum absolute atomic E-state index is 0.257. The minimum Gasteiger partial charge on any atom is -0.478 e. The smallest absolute Gasteiger partial charge is 0.335 e. The van der Waals surface area contributed by atoms with Crippen LogP contribution in [0.3, 0.4) is 0 Å². The Bertz CT molecular complexity index is 491. The highest BCUT2D eigenvalue weighted by atomic mass is 32.1. The van der Waals surface area contributed by atoms with Gasteiger partial charge in [-0.1, -0.05) is 6.07 Å². The summed E-state index contributed by atoms with van der Waals surface area (Å²) in [5.74, 6) is -0.937. The van der Waals surface area contributed by atoms with Crippen LogP contribution in [0.5, 0.6) is 0 Å². The van der Waals surface area contributed by atoms with Gasteiger partial charge in [-0.25, -0.2) is 4.79 Å². The number of thiophene rings is 1. The second-order valence-corrected chi connectivity index (χ2v) is 4.03.